The van der Waals surface area contributed by atoms with Gasteiger partial charge in [-0.1, -0.05) is 25.5 Å². The molecule has 3 rings (SSSR count). The van der Waals surface area contributed by atoms with Crippen LogP contribution in [0.1, 0.15) is 46.0 Å². The van der Waals surface area contributed by atoms with Crippen molar-refractivity contribution in [1.82, 2.24) is 0 Å². The van der Waals surface area contributed by atoms with Gasteiger partial charge in [-0.25, -0.2) is 4.79 Å². The van der Waals surface area contributed by atoms with Crippen molar-refractivity contribution in [3.05, 3.63) is 59.2 Å². The monoisotopic (exact) mass is 352 g/mol. The maximum atomic E-state index is 12.6. The number of esters is 1. The highest BCUT2D eigenvalue weighted by molar-refractivity contribution is 6.09. The molecule has 6 nitrogen and oxygen atoms in total. The van der Waals surface area contributed by atoms with Gasteiger partial charge in [-0.2, -0.15) is 0 Å². The van der Waals surface area contributed by atoms with E-state index in [4.69, 9.17) is 4.74 Å². The Balaban J connectivity index is 1.75. The predicted octanol–water partition coefficient (Wildman–Crippen LogP) is 3.39. The first-order chi connectivity index (χ1) is 12.6. The molecule has 0 unspecified atom stereocenters. The Morgan fingerprint density at radius 3 is 2.81 bits per heavy atom. The van der Waals surface area contributed by atoms with Gasteiger partial charge in [-0.3, -0.25) is 9.59 Å². The number of unbranched alkanes of at least 4 members (excludes halogenated alkanes) is 1. The van der Waals surface area contributed by atoms with Gasteiger partial charge in [0, 0.05) is 11.3 Å². The van der Waals surface area contributed by atoms with Gasteiger partial charge in [0.2, 0.25) is 5.91 Å². The lowest BCUT2D eigenvalue weighted by atomic mass is 10.1. The molecule has 6 heteroatoms. The van der Waals surface area contributed by atoms with Gasteiger partial charge in [0.1, 0.15) is 0 Å². The normalized spacial score (nSPS) is 12.3. The highest BCUT2D eigenvalue weighted by atomic mass is 16.5. The van der Waals surface area contributed by atoms with E-state index in [0.29, 0.717) is 23.4 Å². The first-order valence-corrected chi connectivity index (χ1v) is 8.58. The summed E-state index contributed by atoms with van der Waals surface area (Å²) in [6.45, 7) is 2.37. The molecule has 1 aliphatic heterocycles. The van der Waals surface area contributed by atoms with Crippen molar-refractivity contribution < 1.29 is 19.1 Å². The van der Waals surface area contributed by atoms with Crippen LogP contribution < -0.4 is 10.6 Å². The average Bonchev–Trinajstić information content (AvgIpc) is 3.01. The molecular weight excluding hydrogens is 332 g/mol. The third-order valence-corrected chi connectivity index (χ3v) is 4.12. The van der Waals surface area contributed by atoms with Crippen molar-refractivity contribution in [2.75, 3.05) is 17.2 Å². The van der Waals surface area contributed by atoms with Gasteiger partial charge in [-0.15, -0.1) is 0 Å². The number of carbonyl (C=O) groups is 3. The number of carbonyl (C=O) groups excluding carboxylic acids is 3. The van der Waals surface area contributed by atoms with Crippen molar-refractivity contribution in [3.63, 3.8) is 0 Å². The van der Waals surface area contributed by atoms with Gasteiger partial charge < -0.3 is 15.4 Å². The molecule has 0 bridgehead atoms. The summed E-state index contributed by atoms with van der Waals surface area (Å²) in [6, 6.07) is 11.8. The highest BCUT2D eigenvalue weighted by Gasteiger charge is 2.20. The quantitative estimate of drug-likeness (QED) is 0.616. The van der Waals surface area contributed by atoms with Crippen LogP contribution in [0.4, 0.5) is 11.4 Å². The van der Waals surface area contributed by atoms with Crippen molar-refractivity contribution in [2.45, 2.75) is 26.2 Å². The number of benzene rings is 2. The Hall–Kier alpha value is -3.15. The summed E-state index contributed by atoms with van der Waals surface area (Å²) < 4.78 is 5.23. The largest absolute Gasteiger partial charge is 0.462 e. The molecule has 2 N–H and O–H groups in total. The summed E-state index contributed by atoms with van der Waals surface area (Å²) in [6.07, 6.45) is 1.99. The van der Waals surface area contributed by atoms with Crippen molar-refractivity contribution in [3.8, 4) is 0 Å². The summed E-state index contributed by atoms with van der Waals surface area (Å²) >= 11 is 0. The van der Waals surface area contributed by atoms with Crippen LogP contribution in [-0.2, 0) is 16.0 Å². The molecule has 0 aromatic heterocycles. The molecular formula is C20H20N2O4. The first kappa shape index (κ1) is 17.7. The minimum absolute atomic E-state index is 0.0854. The number of hydrogen-bond acceptors (Lipinski definition) is 4. The van der Waals surface area contributed by atoms with Gasteiger partial charge in [-0.05, 0) is 42.3 Å². The van der Waals surface area contributed by atoms with E-state index in [1.807, 2.05) is 6.92 Å². The number of fused-ring (bicyclic) bond motifs is 1. The average molecular weight is 352 g/mol. The number of anilines is 2. The molecule has 26 heavy (non-hydrogen) atoms. The van der Waals surface area contributed by atoms with Crippen LogP contribution in [0, 0.1) is 0 Å². The molecule has 0 spiro atoms. The Morgan fingerprint density at radius 2 is 2.00 bits per heavy atom. The molecule has 2 aromatic carbocycles. The van der Waals surface area contributed by atoms with Crippen molar-refractivity contribution in [2.24, 2.45) is 0 Å². The highest BCUT2D eigenvalue weighted by Crippen LogP contribution is 2.25. The number of amides is 2. The molecule has 0 fully saturated rings. The minimum atomic E-state index is -0.460. The summed E-state index contributed by atoms with van der Waals surface area (Å²) in [5.41, 5.74) is 2.65. The summed E-state index contributed by atoms with van der Waals surface area (Å²) in [5.74, 6) is -0.892. The second kappa shape index (κ2) is 7.82. The van der Waals surface area contributed by atoms with Crippen LogP contribution >= 0.6 is 0 Å². The Morgan fingerprint density at radius 1 is 1.19 bits per heavy atom. The van der Waals surface area contributed by atoms with Gasteiger partial charge in [0.25, 0.3) is 5.91 Å². The molecule has 0 aliphatic carbocycles. The fourth-order valence-electron chi connectivity index (χ4n) is 2.72. The van der Waals surface area contributed by atoms with Crippen LogP contribution in [0.15, 0.2) is 42.5 Å². The molecule has 2 amide bonds. The third-order valence-electron chi connectivity index (χ3n) is 4.12. The minimum Gasteiger partial charge on any atom is -0.462 e. The Kier molecular flexibility index (Phi) is 5.31. The molecule has 0 atom stereocenters. The molecule has 134 valence electrons. The van der Waals surface area contributed by atoms with E-state index in [0.717, 1.165) is 24.1 Å². The lowest BCUT2D eigenvalue weighted by Gasteiger charge is -2.11. The van der Waals surface area contributed by atoms with Crippen molar-refractivity contribution >= 4 is 29.2 Å². The molecule has 0 saturated heterocycles. The lowest BCUT2D eigenvalue weighted by molar-refractivity contribution is -0.115. The maximum absolute atomic E-state index is 12.6. The van der Waals surface area contributed by atoms with Crippen LogP contribution in [0.25, 0.3) is 0 Å². The third kappa shape index (κ3) is 3.91. The topological polar surface area (TPSA) is 84.5 Å². The smallest absolute Gasteiger partial charge is 0.340 e. The van der Waals surface area contributed by atoms with Gasteiger partial charge in [0.15, 0.2) is 0 Å². The standard InChI is InChI=1S/C20H20N2O4/c1-2-3-10-26-20(25)15-6-4-5-7-17(15)22-19(24)13-8-9-16-14(11-13)12-18(23)21-16/h4-9,11H,2-3,10,12H2,1H3,(H,21,23)(H,22,24). The predicted molar refractivity (Wildman–Crippen MR) is 98.4 cm³/mol. The van der Waals surface area contributed by atoms with Crippen LogP contribution in [0.3, 0.4) is 0 Å². The Labute approximate surface area is 151 Å². The fraction of sp³-hybridized carbons (Fsp3) is 0.250. The van der Waals surface area contributed by atoms with E-state index < -0.39 is 5.97 Å². The van der Waals surface area contributed by atoms with Crippen LogP contribution in [0.5, 0.6) is 0 Å². The Bertz CT molecular complexity index is 861. The van der Waals surface area contributed by atoms with E-state index in [1.54, 1.807) is 42.5 Å². The molecule has 1 aliphatic rings. The number of para-hydroxylation sites is 1. The van der Waals surface area contributed by atoms with E-state index in [9.17, 15) is 14.4 Å². The second-order valence-corrected chi connectivity index (χ2v) is 6.09. The maximum Gasteiger partial charge on any atom is 0.340 e. The SMILES string of the molecule is CCCCOC(=O)c1ccccc1NC(=O)c1ccc2c(c1)CC(=O)N2. The summed E-state index contributed by atoms with van der Waals surface area (Å²) in [7, 11) is 0. The van der Waals surface area contributed by atoms with Crippen molar-refractivity contribution in [1.29, 1.82) is 0 Å². The lowest BCUT2D eigenvalue weighted by Crippen LogP contribution is -2.16. The van der Waals surface area contributed by atoms with E-state index in [-0.39, 0.29) is 18.2 Å². The first-order valence-electron chi connectivity index (χ1n) is 8.58. The van der Waals surface area contributed by atoms with Gasteiger partial charge >= 0.3 is 5.97 Å². The number of rotatable bonds is 6. The van der Waals surface area contributed by atoms with E-state index >= 15 is 0 Å². The second-order valence-electron chi connectivity index (χ2n) is 6.09. The van der Waals surface area contributed by atoms with Crippen LogP contribution in [0.2, 0.25) is 0 Å². The van der Waals surface area contributed by atoms with Crippen LogP contribution in [-0.4, -0.2) is 24.4 Å². The number of hydrogen-bond donors (Lipinski definition) is 2. The van der Waals surface area contributed by atoms with E-state index in [2.05, 4.69) is 10.6 Å². The molecule has 0 radical (unpaired) electrons. The summed E-state index contributed by atoms with van der Waals surface area (Å²) in [5, 5.41) is 5.49. The zero-order valence-electron chi connectivity index (χ0n) is 14.5. The zero-order valence-corrected chi connectivity index (χ0v) is 14.5. The molecule has 2 aromatic rings. The molecule has 0 saturated carbocycles. The number of nitrogens with one attached hydrogen (secondary N) is 2. The van der Waals surface area contributed by atoms with Gasteiger partial charge in [0.05, 0.1) is 24.3 Å². The number of ether oxygens (including phenoxy) is 1. The zero-order chi connectivity index (χ0) is 18.5. The van der Waals surface area contributed by atoms with E-state index in [1.165, 1.54) is 0 Å². The molecule has 1 heterocycles. The summed E-state index contributed by atoms with van der Waals surface area (Å²) in [4.78, 5) is 36.2. The fourth-order valence-corrected chi connectivity index (χ4v) is 2.72.